The van der Waals surface area contributed by atoms with E-state index in [4.69, 9.17) is 15.8 Å². The molecule has 1 heterocycles. The summed E-state index contributed by atoms with van der Waals surface area (Å²) in [5.74, 6) is 5.62. The first-order valence-electron chi connectivity index (χ1n) is 9.03. The number of nitriles is 1. The molecule has 1 atom stereocenters. The molecule has 1 aliphatic heterocycles. The molecule has 0 aromatic heterocycles. The molecule has 0 bridgehead atoms. The maximum atomic E-state index is 12.3. The van der Waals surface area contributed by atoms with Crippen molar-refractivity contribution in [3.05, 3.63) is 86.9 Å². The Morgan fingerprint density at radius 2 is 1.97 bits per heavy atom. The van der Waals surface area contributed by atoms with E-state index in [0.717, 1.165) is 6.26 Å². The van der Waals surface area contributed by atoms with E-state index in [0.29, 0.717) is 16.1 Å². The molecule has 11 heteroatoms. The van der Waals surface area contributed by atoms with Gasteiger partial charge in [-0.1, -0.05) is 36.4 Å². The molecule has 2 aromatic carbocycles. The Labute approximate surface area is 178 Å². The Hall–Kier alpha value is -3.75. The lowest BCUT2D eigenvalue weighted by Gasteiger charge is -2.30. The number of rotatable bonds is 6. The summed E-state index contributed by atoms with van der Waals surface area (Å²) in [5, 5.41) is 21.7. The number of nitrogens with zero attached hydrogens (tertiary/aromatic N) is 4. The number of sulfone groups is 1. The highest BCUT2D eigenvalue weighted by Gasteiger charge is 2.42. The van der Waals surface area contributed by atoms with Gasteiger partial charge >= 0.3 is 5.70 Å². The molecule has 160 valence electrons. The van der Waals surface area contributed by atoms with Gasteiger partial charge in [0.15, 0.2) is 9.84 Å². The molecule has 31 heavy (non-hydrogen) atoms. The van der Waals surface area contributed by atoms with Gasteiger partial charge in [-0.25, -0.2) is 24.3 Å². The standard InChI is InChI=1S/C20H19N5O5S/c1-13-8-9-15(12-21)11-17(13)30-19-18(25(26)27)16(10-14-6-4-3-5-7-14)23-20(24(19)22)31(2,28)29/h3-9,11,20H,10,22H2,1-2H3. The van der Waals surface area contributed by atoms with E-state index in [1.54, 1.807) is 49.4 Å². The number of hydrazine groups is 1. The van der Waals surface area contributed by atoms with E-state index >= 15 is 0 Å². The fraction of sp³-hybridized carbons (Fsp3) is 0.200. The molecule has 0 aliphatic carbocycles. The van der Waals surface area contributed by atoms with Crippen LogP contribution in [0.1, 0.15) is 16.7 Å². The van der Waals surface area contributed by atoms with Gasteiger partial charge in [-0.2, -0.15) is 5.26 Å². The molecule has 2 N–H and O–H groups in total. The molecular weight excluding hydrogens is 422 g/mol. The minimum Gasteiger partial charge on any atom is -0.434 e. The molecule has 0 saturated carbocycles. The number of aryl methyl sites for hydroxylation is 1. The summed E-state index contributed by atoms with van der Waals surface area (Å²) in [7, 11) is -3.87. The number of nitrogens with two attached hydrogens (primary N) is 1. The van der Waals surface area contributed by atoms with Crippen molar-refractivity contribution in [3.8, 4) is 11.8 Å². The maximum absolute atomic E-state index is 12.3. The largest absolute Gasteiger partial charge is 0.434 e. The predicted molar refractivity (Wildman–Crippen MR) is 113 cm³/mol. The summed E-state index contributed by atoms with van der Waals surface area (Å²) >= 11 is 0. The van der Waals surface area contributed by atoms with Crippen molar-refractivity contribution < 1.29 is 18.1 Å². The van der Waals surface area contributed by atoms with Crippen LogP contribution in [0.4, 0.5) is 0 Å². The first-order chi connectivity index (χ1) is 14.6. The number of aliphatic imine (C=N–C) groups is 1. The molecular formula is C20H19N5O5S. The molecule has 0 amide bonds. The number of ether oxygens (including phenoxy) is 1. The van der Waals surface area contributed by atoms with Crippen molar-refractivity contribution >= 4 is 15.5 Å². The maximum Gasteiger partial charge on any atom is 0.351 e. The molecule has 1 unspecified atom stereocenters. The highest BCUT2D eigenvalue weighted by Crippen LogP contribution is 2.29. The second-order valence-electron chi connectivity index (χ2n) is 6.91. The van der Waals surface area contributed by atoms with Crippen molar-refractivity contribution in [1.82, 2.24) is 5.01 Å². The van der Waals surface area contributed by atoms with Gasteiger partial charge in [0.2, 0.25) is 5.50 Å². The molecule has 0 spiro atoms. The number of allylic oxidation sites excluding steroid dienone is 1. The predicted octanol–water partition coefficient (Wildman–Crippen LogP) is 1.89. The van der Waals surface area contributed by atoms with Gasteiger partial charge in [0.1, 0.15) is 11.5 Å². The third-order valence-corrected chi connectivity index (χ3v) is 5.62. The van der Waals surface area contributed by atoms with Crippen molar-refractivity contribution in [2.24, 2.45) is 10.8 Å². The van der Waals surface area contributed by atoms with Crippen LogP contribution in [0, 0.1) is 28.4 Å². The van der Waals surface area contributed by atoms with Gasteiger partial charge in [-0.3, -0.25) is 10.1 Å². The van der Waals surface area contributed by atoms with Crippen molar-refractivity contribution in [3.63, 3.8) is 0 Å². The Kier molecular flexibility index (Phi) is 6.05. The second-order valence-corrected chi connectivity index (χ2v) is 8.99. The molecule has 3 rings (SSSR count). The van der Waals surface area contributed by atoms with E-state index in [-0.39, 0.29) is 23.4 Å². The third kappa shape index (κ3) is 4.71. The Bertz CT molecular complexity index is 1230. The lowest BCUT2D eigenvalue weighted by molar-refractivity contribution is -0.419. The average Bonchev–Trinajstić information content (AvgIpc) is 2.71. The van der Waals surface area contributed by atoms with Crippen LogP contribution in [0.2, 0.25) is 0 Å². The van der Waals surface area contributed by atoms with Crippen molar-refractivity contribution in [1.29, 1.82) is 5.26 Å². The lowest BCUT2D eigenvalue weighted by Crippen LogP contribution is -2.50. The number of hydrogen-bond acceptors (Lipinski definition) is 9. The Morgan fingerprint density at radius 3 is 2.55 bits per heavy atom. The third-order valence-electron chi connectivity index (χ3n) is 4.52. The van der Waals surface area contributed by atoms with Crippen LogP contribution in [0.15, 0.2) is 65.1 Å². The van der Waals surface area contributed by atoms with Crippen LogP contribution in [0.5, 0.6) is 5.75 Å². The second kappa shape index (κ2) is 8.55. The van der Waals surface area contributed by atoms with E-state index in [2.05, 4.69) is 4.99 Å². The van der Waals surface area contributed by atoms with Gasteiger partial charge in [0.25, 0.3) is 5.88 Å². The zero-order valence-electron chi connectivity index (χ0n) is 16.7. The van der Waals surface area contributed by atoms with Gasteiger partial charge in [-0.05, 0) is 30.2 Å². The van der Waals surface area contributed by atoms with Crippen LogP contribution in [-0.4, -0.2) is 35.8 Å². The SMILES string of the molecule is Cc1ccc(C#N)cc1OC1=C([N+](=O)[O-])C(Cc2ccccc2)=NC(S(C)(=O)=O)N1N. The van der Waals surface area contributed by atoms with E-state index in [1.807, 2.05) is 6.07 Å². The summed E-state index contributed by atoms with van der Waals surface area (Å²) in [6.07, 6.45) is 0.929. The first-order valence-corrected chi connectivity index (χ1v) is 11.0. The van der Waals surface area contributed by atoms with Crippen molar-refractivity contribution in [2.75, 3.05) is 6.26 Å². The topological polar surface area (TPSA) is 152 Å². The molecule has 2 aromatic rings. The summed E-state index contributed by atoms with van der Waals surface area (Å²) in [6, 6.07) is 15.3. The zero-order valence-corrected chi connectivity index (χ0v) is 17.5. The zero-order chi connectivity index (χ0) is 22.8. The van der Waals surface area contributed by atoms with Crippen LogP contribution in [0.25, 0.3) is 0 Å². The summed E-state index contributed by atoms with van der Waals surface area (Å²) in [4.78, 5) is 15.3. The summed E-state index contributed by atoms with van der Waals surface area (Å²) in [6.45, 7) is 1.68. The first kappa shape index (κ1) is 21.9. The monoisotopic (exact) mass is 441 g/mol. The van der Waals surface area contributed by atoms with E-state index < -0.39 is 31.8 Å². The molecule has 10 nitrogen and oxygen atoms in total. The Balaban J connectivity index is 2.18. The van der Waals surface area contributed by atoms with E-state index in [9.17, 15) is 18.5 Å². The van der Waals surface area contributed by atoms with Gasteiger partial charge in [0.05, 0.1) is 16.6 Å². The van der Waals surface area contributed by atoms with Crippen LogP contribution < -0.4 is 10.6 Å². The number of benzene rings is 2. The molecule has 0 saturated heterocycles. The highest BCUT2D eigenvalue weighted by molar-refractivity contribution is 7.91. The smallest absolute Gasteiger partial charge is 0.351 e. The number of hydrogen-bond donors (Lipinski definition) is 1. The van der Waals surface area contributed by atoms with Gasteiger partial charge in [0, 0.05) is 12.7 Å². The van der Waals surface area contributed by atoms with Crippen LogP contribution in [0.3, 0.4) is 0 Å². The van der Waals surface area contributed by atoms with Gasteiger partial charge < -0.3 is 4.74 Å². The van der Waals surface area contributed by atoms with Gasteiger partial charge in [-0.15, -0.1) is 0 Å². The lowest BCUT2D eigenvalue weighted by atomic mass is 10.1. The quantitative estimate of drug-likeness (QED) is 0.405. The minimum absolute atomic E-state index is 0.00108. The minimum atomic E-state index is -3.87. The molecule has 0 fully saturated rings. The summed E-state index contributed by atoms with van der Waals surface area (Å²) in [5.41, 5.74) is -0.707. The fourth-order valence-electron chi connectivity index (χ4n) is 2.99. The number of nitro groups is 1. The van der Waals surface area contributed by atoms with Crippen LogP contribution >= 0.6 is 0 Å². The fourth-order valence-corrected chi connectivity index (χ4v) is 3.82. The van der Waals surface area contributed by atoms with E-state index in [1.165, 1.54) is 6.07 Å². The van der Waals surface area contributed by atoms with Crippen LogP contribution in [-0.2, 0) is 16.3 Å². The Morgan fingerprint density at radius 1 is 1.29 bits per heavy atom. The molecule has 0 radical (unpaired) electrons. The molecule has 1 aliphatic rings. The van der Waals surface area contributed by atoms with Crippen molar-refractivity contribution in [2.45, 2.75) is 18.8 Å². The summed E-state index contributed by atoms with van der Waals surface area (Å²) < 4.78 is 30.4. The average molecular weight is 441 g/mol. The normalized spacial score (nSPS) is 16.5. The highest BCUT2D eigenvalue weighted by atomic mass is 32.2.